The summed E-state index contributed by atoms with van der Waals surface area (Å²) in [5, 5.41) is 9.29. The summed E-state index contributed by atoms with van der Waals surface area (Å²) in [6.45, 7) is 5.13. The average molecular weight is 388 g/mol. The third-order valence-electron chi connectivity index (χ3n) is 5.72. The van der Waals surface area contributed by atoms with Crippen molar-refractivity contribution >= 4 is 17.5 Å². The highest BCUT2D eigenvalue weighted by atomic mass is 16.2. The average Bonchev–Trinajstić information content (AvgIpc) is 3.02. The van der Waals surface area contributed by atoms with Gasteiger partial charge in [0.2, 0.25) is 0 Å². The Bertz CT molecular complexity index is 922. The SMILES string of the molecule is N#Cc1ccccc1N1CCN(CCCCN2C(=O)c3ccccc3C2=O)CC1. The predicted octanol–water partition coefficient (Wildman–Crippen LogP) is 2.76. The van der Waals surface area contributed by atoms with Gasteiger partial charge in [0.05, 0.1) is 22.4 Å². The minimum Gasteiger partial charge on any atom is -0.368 e. The molecule has 0 bridgehead atoms. The molecule has 0 atom stereocenters. The standard InChI is InChI=1S/C23H24N4O2/c24-17-18-7-1-4-10-21(18)26-15-13-25(14-16-26)11-5-6-12-27-22(28)19-8-2-3-9-20(19)23(27)29/h1-4,7-10H,5-6,11-16H2. The maximum Gasteiger partial charge on any atom is 0.261 e. The van der Waals surface area contributed by atoms with Gasteiger partial charge in [-0.1, -0.05) is 24.3 Å². The minimum atomic E-state index is -0.171. The molecule has 6 heteroatoms. The zero-order chi connectivity index (χ0) is 20.2. The number of nitriles is 1. The van der Waals surface area contributed by atoms with Crippen LogP contribution < -0.4 is 4.90 Å². The summed E-state index contributed by atoms with van der Waals surface area (Å²) < 4.78 is 0. The summed E-state index contributed by atoms with van der Waals surface area (Å²) in [5.74, 6) is -0.342. The number of unbranched alkanes of at least 4 members (excludes halogenated alkanes) is 1. The third kappa shape index (κ3) is 3.87. The van der Waals surface area contributed by atoms with E-state index in [1.54, 1.807) is 24.3 Å². The molecule has 148 valence electrons. The van der Waals surface area contributed by atoms with E-state index in [9.17, 15) is 14.9 Å². The molecule has 2 aliphatic rings. The molecule has 2 amide bonds. The lowest BCUT2D eigenvalue weighted by atomic mass is 10.1. The number of fused-ring (bicyclic) bond motifs is 1. The van der Waals surface area contributed by atoms with Crippen molar-refractivity contribution in [2.75, 3.05) is 44.2 Å². The van der Waals surface area contributed by atoms with Crippen molar-refractivity contribution in [3.8, 4) is 6.07 Å². The van der Waals surface area contributed by atoms with Crippen LogP contribution in [0.3, 0.4) is 0 Å². The van der Waals surface area contributed by atoms with E-state index in [1.807, 2.05) is 24.3 Å². The van der Waals surface area contributed by atoms with E-state index < -0.39 is 0 Å². The Hall–Kier alpha value is -3.17. The Balaban J connectivity index is 1.22. The molecule has 29 heavy (non-hydrogen) atoms. The fraction of sp³-hybridized carbons (Fsp3) is 0.348. The van der Waals surface area contributed by atoms with Crippen molar-refractivity contribution in [2.45, 2.75) is 12.8 Å². The summed E-state index contributed by atoms with van der Waals surface area (Å²) in [4.78, 5) is 30.8. The van der Waals surface area contributed by atoms with Crippen molar-refractivity contribution in [1.82, 2.24) is 9.80 Å². The van der Waals surface area contributed by atoms with Crippen LogP contribution in [0.25, 0.3) is 0 Å². The first-order valence-corrected chi connectivity index (χ1v) is 10.1. The summed E-state index contributed by atoms with van der Waals surface area (Å²) >= 11 is 0. The van der Waals surface area contributed by atoms with Crippen LogP contribution in [0.15, 0.2) is 48.5 Å². The molecule has 0 unspecified atom stereocenters. The Morgan fingerprint density at radius 1 is 0.793 bits per heavy atom. The molecule has 0 aromatic heterocycles. The Morgan fingerprint density at radius 3 is 2.03 bits per heavy atom. The number of carbonyl (C=O) groups excluding carboxylic acids is 2. The van der Waals surface area contributed by atoms with Gasteiger partial charge in [0, 0.05) is 32.7 Å². The van der Waals surface area contributed by atoms with Gasteiger partial charge in [0.25, 0.3) is 11.8 Å². The van der Waals surface area contributed by atoms with E-state index in [0.717, 1.165) is 56.8 Å². The van der Waals surface area contributed by atoms with Gasteiger partial charge in [-0.2, -0.15) is 5.26 Å². The first-order valence-electron chi connectivity index (χ1n) is 10.1. The van der Waals surface area contributed by atoms with Crippen LogP contribution >= 0.6 is 0 Å². The number of nitrogens with zero attached hydrogens (tertiary/aromatic N) is 4. The second kappa shape index (κ2) is 8.46. The first-order chi connectivity index (χ1) is 14.2. The van der Waals surface area contributed by atoms with Crippen molar-refractivity contribution in [2.24, 2.45) is 0 Å². The lowest BCUT2D eigenvalue weighted by molar-refractivity contribution is 0.0650. The van der Waals surface area contributed by atoms with Crippen LogP contribution in [-0.2, 0) is 0 Å². The molecule has 1 saturated heterocycles. The normalized spacial score (nSPS) is 16.8. The first kappa shape index (κ1) is 19.2. The number of amides is 2. The summed E-state index contributed by atoms with van der Waals surface area (Å²) in [5.41, 5.74) is 2.78. The fourth-order valence-corrected chi connectivity index (χ4v) is 4.10. The molecule has 0 aliphatic carbocycles. The van der Waals surface area contributed by atoms with Crippen molar-refractivity contribution in [3.63, 3.8) is 0 Å². The number of hydrogen-bond acceptors (Lipinski definition) is 5. The maximum atomic E-state index is 12.4. The molecular formula is C23H24N4O2. The second-order valence-corrected chi connectivity index (χ2v) is 7.47. The van der Waals surface area contributed by atoms with Crippen LogP contribution in [0.4, 0.5) is 5.69 Å². The Morgan fingerprint density at radius 2 is 1.38 bits per heavy atom. The predicted molar refractivity (Wildman–Crippen MR) is 111 cm³/mol. The molecule has 6 nitrogen and oxygen atoms in total. The molecule has 0 N–H and O–H groups in total. The van der Waals surface area contributed by atoms with Gasteiger partial charge in [-0.3, -0.25) is 19.4 Å². The number of imide groups is 1. The topological polar surface area (TPSA) is 67.7 Å². The smallest absolute Gasteiger partial charge is 0.261 e. The highest BCUT2D eigenvalue weighted by Gasteiger charge is 2.34. The lowest BCUT2D eigenvalue weighted by Crippen LogP contribution is -2.47. The molecule has 2 aromatic rings. The highest BCUT2D eigenvalue weighted by molar-refractivity contribution is 6.21. The number of hydrogen-bond donors (Lipinski definition) is 0. The largest absolute Gasteiger partial charge is 0.368 e. The van der Waals surface area contributed by atoms with Crippen LogP contribution in [0, 0.1) is 11.3 Å². The zero-order valence-electron chi connectivity index (χ0n) is 16.4. The number of para-hydroxylation sites is 1. The number of piperazine rings is 1. The third-order valence-corrected chi connectivity index (χ3v) is 5.72. The van der Waals surface area contributed by atoms with Gasteiger partial charge < -0.3 is 4.90 Å². The number of rotatable bonds is 6. The second-order valence-electron chi connectivity index (χ2n) is 7.47. The monoisotopic (exact) mass is 388 g/mol. The van der Waals surface area contributed by atoms with Gasteiger partial charge in [-0.05, 0) is 43.7 Å². The minimum absolute atomic E-state index is 0.171. The Kier molecular flexibility index (Phi) is 5.59. The molecule has 4 rings (SSSR count). The lowest BCUT2D eigenvalue weighted by Gasteiger charge is -2.36. The van der Waals surface area contributed by atoms with Crippen LogP contribution in [0.5, 0.6) is 0 Å². The van der Waals surface area contributed by atoms with Crippen molar-refractivity contribution < 1.29 is 9.59 Å². The molecular weight excluding hydrogens is 364 g/mol. The maximum absolute atomic E-state index is 12.4. The van der Waals surface area contributed by atoms with Crippen molar-refractivity contribution in [3.05, 3.63) is 65.2 Å². The Labute approximate surface area is 170 Å². The molecule has 2 aromatic carbocycles. The van der Waals surface area contributed by atoms with Crippen LogP contribution in [0.1, 0.15) is 39.1 Å². The zero-order valence-corrected chi connectivity index (χ0v) is 16.4. The molecule has 0 saturated carbocycles. The quantitative estimate of drug-likeness (QED) is 0.562. The molecule has 0 spiro atoms. The van der Waals surface area contributed by atoms with Crippen LogP contribution in [0.2, 0.25) is 0 Å². The number of benzene rings is 2. The van der Waals surface area contributed by atoms with E-state index in [4.69, 9.17) is 0 Å². The summed E-state index contributed by atoms with van der Waals surface area (Å²) in [6.07, 6.45) is 1.76. The van der Waals surface area contributed by atoms with Gasteiger partial charge in [-0.25, -0.2) is 0 Å². The van der Waals surface area contributed by atoms with Gasteiger partial charge in [0.1, 0.15) is 6.07 Å². The summed E-state index contributed by atoms with van der Waals surface area (Å²) in [6, 6.07) is 17.0. The van der Waals surface area contributed by atoms with Crippen molar-refractivity contribution in [1.29, 1.82) is 5.26 Å². The van der Waals surface area contributed by atoms with Gasteiger partial charge in [0.15, 0.2) is 0 Å². The highest BCUT2D eigenvalue weighted by Crippen LogP contribution is 2.23. The molecule has 2 aliphatic heterocycles. The summed E-state index contributed by atoms with van der Waals surface area (Å²) in [7, 11) is 0. The number of anilines is 1. The van der Waals surface area contributed by atoms with E-state index in [2.05, 4.69) is 15.9 Å². The molecule has 0 radical (unpaired) electrons. The van der Waals surface area contributed by atoms with E-state index >= 15 is 0 Å². The number of carbonyl (C=O) groups is 2. The molecule has 1 fully saturated rings. The molecule has 2 heterocycles. The van der Waals surface area contributed by atoms with Gasteiger partial charge >= 0.3 is 0 Å². The van der Waals surface area contributed by atoms with E-state index in [-0.39, 0.29) is 11.8 Å². The van der Waals surface area contributed by atoms with Gasteiger partial charge in [-0.15, -0.1) is 0 Å². The fourth-order valence-electron chi connectivity index (χ4n) is 4.10. The van der Waals surface area contributed by atoms with E-state index in [1.165, 1.54) is 4.90 Å². The van der Waals surface area contributed by atoms with Crippen LogP contribution in [-0.4, -0.2) is 60.9 Å². The van der Waals surface area contributed by atoms with E-state index in [0.29, 0.717) is 17.7 Å².